The average Bonchev–Trinajstić information content (AvgIpc) is 1.65. The molecule has 0 aliphatic carbocycles. The van der Waals surface area contributed by atoms with Gasteiger partial charge in [-0.05, 0) is 286 Å². The lowest BCUT2D eigenvalue weighted by Crippen LogP contribution is -2.22. The SMILES string of the molecule is C(=C\c1ccc2n[nH]c(/C=C/c3ccccc3)c2c1)/c1ccccc1.CCOCC[Si](C)(C)C.C[Si](C)(C)CCOCn1nc(/C=C/c2ccccc2)c2cc(/C=C/c3ccccc3)ccc21.C[Si](C)(C)CCOCn1nc(I)c2cc(I)ccc21.Ic1ccc2[nH]ncc2c1.Ic1ccc2n[nH]c(I)c2c1.Nc1ccc2[nH]ncc2c1.OB(O)/C=C/c1ccccc1. The summed E-state index contributed by atoms with van der Waals surface area (Å²) in [6, 6.07) is 91.7. The molecule has 0 aliphatic heterocycles. The number of halogens is 5. The number of aromatic amines is 4. The molecule has 0 spiro atoms. The Morgan fingerprint density at radius 3 is 1.30 bits per heavy atom. The number of ether oxygens (including phenoxy) is 3. The van der Waals surface area contributed by atoms with Gasteiger partial charge in [0.1, 0.15) is 20.9 Å². The second kappa shape index (κ2) is 52.1. The molecule has 6 heterocycles. The molecule has 0 saturated heterocycles. The summed E-state index contributed by atoms with van der Waals surface area (Å²) >= 11 is 11.4. The molecule has 8 N–H and O–H groups in total. The summed E-state index contributed by atoms with van der Waals surface area (Å²) in [4.78, 5) is 0. The molecule has 128 heavy (non-hydrogen) atoms. The number of hydrogen-bond acceptors (Lipinski definition) is 12. The molecule has 0 atom stereocenters. The van der Waals surface area contributed by atoms with E-state index in [1.54, 1.807) is 12.3 Å². The maximum Gasteiger partial charge on any atom is 0.480 e. The van der Waals surface area contributed by atoms with Gasteiger partial charge in [-0.3, -0.25) is 20.4 Å². The van der Waals surface area contributed by atoms with Crippen molar-refractivity contribution in [3.8, 4) is 0 Å². The summed E-state index contributed by atoms with van der Waals surface area (Å²) < 4.78 is 26.8. The summed E-state index contributed by atoms with van der Waals surface area (Å²) in [6.07, 6.45) is 22.2. The molecule has 0 bridgehead atoms. The van der Waals surface area contributed by atoms with Gasteiger partial charge in [-0.2, -0.15) is 30.6 Å². The van der Waals surface area contributed by atoms with Crippen LogP contribution in [-0.2, 0) is 27.7 Å². The largest absolute Gasteiger partial charge is 0.480 e. The van der Waals surface area contributed by atoms with Gasteiger partial charge in [0.25, 0.3) is 0 Å². The normalized spacial score (nSPS) is 11.6. The lowest BCUT2D eigenvalue weighted by atomic mass is 9.91. The second-order valence-corrected chi connectivity index (χ2v) is 56.1. The maximum absolute atomic E-state index is 8.48. The molecular weight excluding hydrogens is 2200 g/mol. The molecule has 18 nitrogen and oxygen atoms in total. The Labute approximate surface area is 823 Å². The quantitative estimate of drug-likeness (QED) is 0.00982. The molecule has 660 valence electrons. The number of hydrogen-bond donors (Lipinski definition) is 7. The summed E-state index contributed by atoms with van der Waals surface area (Å²) in [5.41, 5.74) is 22.6. The van der Waals surface area contributed by atoms with Crippen LogP contribution in [0.4, 0.5) is 5.69 Å². The fourth-order valence-electron chi connectivity index (χ4n) is 12.2. The Morgan fingerprint density at radius 2 is 0.781 bits per heavy atom. The van der Waals surface area contributed by atoms with Crippen LogP contribution in [-0.4, -0.2) is 128 Å². The first kappa shape index (κ1) is 101. The van der Waals surface area contributed by atoms with Gasteiger partial charge in [0, 0.05) is 99.4 Å². The number of nitrogens with two attached hydrogens (primary N) is 1. The molecule has 0 unspecified atom stereocenters. The summed E-state index contributed by atoms with van der Waals surface area (Å²) in [5.74, 6) is 1.31. The third-order valence-electron chi connectivity index (χ3n) is 19.3. The molecule has 0 aliphatic rings. The van der Waals surface area contributed by atoms with Crippen LogP contribution >= 0.6 is 113 Å². The highest BCUT2D eigenvalue weighted by atomic mass is 127. The Hall–Kier alpha value is -9.09. The van der Waals surface area contributed by atoms with Crippen LogP contribution in [0, 0.1) is 18.1 Å². The van der Waals surface area contributed by atoms with Gasteiger partial charge in [0.2, 0.25) is 0 Å². The van der Waals surface area contributed by atoms with Gasteiger partial charge in [0.15, 0.2) is 0 Å². The van der Waals surface area contributed by atoms with Crippen molar-refractivity contribution >= 4 is 270 Å². The highest BCUT2D eigenvalue weighted by Gasteiger charge is 2.17. The van der Waals surface area contributed by atoms with Gasteiger partial charge in [-0.15, -0.1) is 0 Å². The predicted octanol–water partition coefficient (Wildman–Crippen LogP) is 27.3. The van der Waals surface area contributed by atoms with E-state index in [-0.39, 0.29) is 0 Å². The summed E-state index contributed by atoms with van der Waals surface area (Å²) in [6.45, 7) is 27.8. The van der Waals surface area contributed by atoms with Crippen molar-refractivity contribution in [1.82, 2.24) is 60.4 Å². The zero-order valence-corrected chi connectivity index (χ0v) is 87.6. The minimum atomic E-state index is -1.37. The van der Waals surface area contributed by atoms with E-state index < -0.39 is 31.3 Å². The average molecular weight is 2320 g/mol. The molecule has 0 radical (unpaired) electrons. The number of aromatic nitrogens is 12. The van der Waals surface area contributed by atoms with E-state index in [0.717, 1.165) is 128 Å². The molecule has 0 saturated carbocycles. The number of H-pyrrole nitrogens is 4. The Morgan fingerprint density at radius 1 is 0.383 bits per heavy atom. The number of nitrogen functional groups attached to an aromatic ring is 1. The molecule has 27 heteroatoms. The summed E-state index contributed by atoms with van der Waals surface area (Å²) in [7, 11) is -4.31. The number of benzene rings is 11. The van der Waals surface area contributed by atoms with Gasteiger partial charge in [-0.1, -0.05) is 271 Å². The molecule has 17 rings (SSSR count). The van der Waals surface area contributed by atoms with Gasteiger partial charge in [-0.25, -0.2) is 9.36 Å². The van der Waals surface area contributed by atoms with Gasteiger partial charge in [0.05, 0.1) is 56.9 Å². The van der Waals surface area contributed by atoms with Crippen molar-refractivity contribution in [2.45, 2.75) is 97.4 Å². The van der Waals surface area contributed by atoms with Crippen molar-refractivity contribution in [2.75, 3.05) is 32.2 Å². The van der Waals surface area contributed by atoms with E-state index in [4.69, 9.17) is 35.1 Å². The van der Waals surface area contributed by atoms with E-state index in [0.29, 0.717) is 13.5 Å². The standard InChI is InChI=1S/C29H32N2OSi.C23H18N2.C13H18I2N2OSi.C8H9BO2.C7H4I2N2.C7H5IN2.C7H7N3.C7H18OSi/c1-33(2,3)21-20-32-23-31-29-19-17-26(15-14-24-10-6-4-7-11-24)22-27(29)28(30-31)18-16-25-12-8-5-9-13-25;1-3-7-18(8-4-1)11-12-20-14-16-23-21(17-20)22(24-25-23)15-13-19-9-5-2-6-10-19;1-19(2,3)7-6-18-9-17-12-5-4-10(14)8-11(12)13(15)16-17;10-9(11)7-6-8-4-2-1-3-5-8;8-4-1-2-6-5(3-4)7(9)11-10-6;2*8-6-1-2-7-5(3-6)4-9-10-7;1-5-8-6-7-9(2,3)4/h4-19,22H,20-21,23H2,1-3H3;1-17H,(H,24,25);4-5,8H,6-7,9H2,1-3H3;1-7,10-11H;1-3H,(H,10,11);1-4H,(H,9,10);1-4H,8H2,(H,9,10);5-7H2,1-4H3/b15-14+,18-16+;12-11+,15-13+;;7-6+;;;;. The molecule has 11 aromatic carbocycles. The minimum Gasteiger partial charge on any atom is -0.424 e. The van der Waals surface area contributed by atoms with Crippen LogP contribution in [0.5, 0.6) is 0 Å². The van der Waals surface area contributed by atoms with Crippen LogP contribution in [0.1, 0.15) is 57.3 Å². The molecule has 0 amide bonds. The van der Waals surface area contributed by atoms with Crippen molar-refractivity contribution in [1.29, 1.82) is 0 Å². The number of fused-ring (bicyclic) bond motifs is 6. The Bertz CT molecular complexity index is 6320. The summed E-state index contributed by atoms with van der Waals surface area (Å²) in [5, 5.41) is 61.4. The number of anilines is 1. The zero-order chi connectivity index (χ0) is 91.3. The van der Waals surface area contributed by atoms with Gasteiger partial charge >= 0.3 is 7.12 Å². The minimum absolute atomic E-state index is 0.472. The topological polar surface area (TPSA) is 245 Å². The van der Waals surface area contributed by atoms with Crippen LogP contribution in [0.2, 0.25) is 77.1 Å². The maximum atomic E-state index is 8.48. The Balaban J connectivity index is 0.000000160. The fraction of sp³-hybridized carbons (Fsp3) is 0.188. The van der Waals surface area contributed by atoms with Crippen molar-refractivity contribution in [3.05, 3.63) is 348 Å². The third-order valence-corrected chi connectivity index (χ3v) is 28.1. The fourth-order valence-corrected chi connectivity index (χ4v) is 17.2. The third kappa shape index (κ3) is 35.6. The molecule has 0 fully saturated rings. The second-order valence-electron chi connectivity index (χ2n) is 33.4. The van der Waals surface area contributed by atoms with E-state index in [1.807, 2.05) is 132 Å². The number of rotatable bonds is 24. The molecule has 6 aromatic heterocycles. The monoisotopic (exact) mass is 2320 g/mol. The van der Waals surface area contributed by atoms with Gasteiger partial charge < -0.3 is 30.0 Å². The lowest BCUT2D eigenvalue weighted by Gasteiger charge is -2.15. The number of nitrogens with one attached hydrogen (secondary N) is 4. The van der Waals surface area contributed by atoms with Crippen molar-refractivity contribution < 1.29 is 24.3 Å². The van der Waals surface area contributed by atoms with E-state index >= 15 is 0 Å². The van der Waals surface area contributed by atoms with Crippen molar-refractivity contribution in [2.24, 2.45) is 0 Å². The molecule has 17 aromatic rings. The Kier molecular flexibility index (Phi) is 41.1. The van der Waals surface area contributed by atoms with Crippen LogP contribution in [0.3, 0.4) is 0 Å². The van der Waals surface area contributed by atoms with E-state index in [2.05, 4.69) is 418 Å². The van der Waals surface area contributed by atoms with E-state index in [1.165, 1.54) is 61.6 Å². The first-order valence-corrected chi connectivity index (χ1v) is 58.7. The first-order chi connectivity index (χ1) is 61.6. The van der Waals surface area contributed by atoms with Crippen LogP contribution in [0.25, 0.3) is 120 Å². The number of nitrogens with zero attached hydrogens (tertiary/aromatic N) is 8. The smallest absolute Gasteiger partial charge is 0.424 e. The highest BCUT2D eigenvalue weighted by Crippen LogP contribution is 2.28. The van der Waals surface area contributed by atoms with E-state index in [9.17, 15) is 0 Å². The first-order valence-electron chi connectivity index (χ1n) is 42.2. The predicted molar refractivity (Wildman–Crippen MR) is 592 cm³/mol. The zero-order valence-electron chi connectivity index (χ0n) is 73.9. The van der Waals surface area contributed by atoms with Crippen molar-refractivity contribution in [3.63, 3.8) is 0 Å². The molecular formula is C101H111BI5N13O5Si3. The highest BCUT2D eigenvalue weighted by molar-refractivity contribution is 14.1. The van der Waals surface area contributed by atoms with Crippen LogP contribution < -0.4 is 5.73 Å². The van der Waals surface area contributed by atoms with Crippen LogP contribution in [0.15, 0.2) is 279 Å². The lowest BCUT2D eigenvalue weighted by molar-refractivity contribution is 0.0814.